The minimum absolute atomic E-state index is 0.130. The van der Waals surface area contributed by atoms with Gasteiger partial charge in [-0.3, -0.25) is 0 Å². The molecule has 0 aliphatic rings. The van der Waals surface area contributed by atoms with Gasteiger partial charge in [0.25, 0.3) is 0 Å². The molecule has 1 unspecified atom stereocenters. The summed E-state index contributed by atoms with van der Waals surface area (Å²) in [7, 11) is 5.71. The highest BCUT2D eigenvalue weighted by Crippen LogP contribution is 2.01. The van der Waals surface area contributed by atoms with Crippen LogP contribution in [-0.4, -0.2) is 32.8 Å². The van der Waals surface area contributed by atoms with E-state index in [0.29, 0.717) is 0 Å². The Morgan fingerprint density at radius 2 is 1.60 bits per heavy atom. The van der Waals surface area contributed by atoms with Crippen LogP contribution in [0.5, 0.6) is 0 Å². The van der Waals surface area contributed by atoms with Gasteiger partial charge in [-0.25, -0.2) is 0 Å². The lowest BCUT2D eigenvalue weighted by Gasteiger charge is -2.34. The Hall–Kier alpha value is -0.120. The monoisotopic (exact) mass is 144 g/mol. The van der Waals surface area contributed by atoms with Crippen LogP contribution in [0.4, 0.5) is 0 Å². The first-order valence-electron chi connectivity index (χ1n) is 3.49. The van der Waals surface area contributed by atoms with Gasteiger partial charge in [-0.15, -0.1) is 0 Å². The maximum absolute atomic E-state index is 3.93. The second kappa shape index (κ2) is 3.91. The van der Waals surface area contributed by atoms with Crippen LogP contribution in [0.2, 0.25) is 0 Å². The number of rotatable bonds is 4. The SMILES string of the molecule is [CH2]C(NC)C(C)(NC)NC. The normalized spacial score (nSPS) is 15.3. The predicted octanol–water partition coefficient (Wildman–Crippen LogP) is -0.437. The Morgan fingerprint density at radius 1 is 1.20 bits per heavy atom. The van der Waals surface area contributed by atoms with Crippen molar-refractivity contribution in [1.29, 1.82) is 0 Å². The van der Waals surface area contributed by atoms with Crippen molar-refractivity contribution in [1.82, 2.24) is 16.0 Å². The maximum Gasteiger partial charge on any atom is 0.0810 e. The molecule has 1 radical (unpaired) electrons. The van der Waals surface area contributed by atoms with E-state index in [-0.39, 0.29) is 11.7 Å². The highest BCUT2D eigenvalue weighted by molar-refractivity contribution is 4.91. The molecule has 0 rings (SSSR count). The zero-order valence-corrected chi connectivity index (χ0v) is 7.28. The van der Waals surface area contributed by atoms with Crippen LogP contribution in [0, 0.1) is 6.92 Å². The van der Waals surface area contributed by atoms with Crippen LogP contribution in [0.15, 0.2) is 0 Å². The average Bonchev–Trinajstić information content (AvgIpc) is 2.01. The van der Waals surface area contributed by atoms with Crippen molar-refractivity contribution in [2.24, 2.45) is 0 Å². The number of hydrogen-bond donors (Lipinski definition) is 3. The molecular weight excluding hydrogens is 126 g/mol. The van der Waals surface area contributed by atoms with E-state index in [4.69, 9.17) is 0 Å². The number of hydrogen-bond acceptors (Lipinski definition) is 3. The standard InChI is InChI=1S/C7H18N3/c1-6(8-3)7(2,9-4)10-5/h6,8-10H,1H2,2-5H3. The van der Waals surface area contributed by atoms with Gasteiger partial charge in [0.1, 0.15) is 0 Å². The maximum atomic E-state index is 3.93. The van der Waals surface area contributed by atoms with Crippen molar-refractivity contribution in [2.75, 3.05) is 21.1 Å². The molecule has 0 heterocycles. The van der Waals surface area contributed by atoms with Crippen molar-refractivity contribution in [2.45, 2.75) is 18.6 Å². The fourth-order valence-electron chi connectivity index (χ4n) is 0.762. The Bertz CT molecular complexity index is 88.9. The molecule has 61 valence electrons. The topological polar surface area (TPSA) is 36.1 Å². The summed E-state index contributed by atoms with van der Waals surface area (Å²) < 4.78 is 0. The van der Waals surface area contributed by atoms with Gasteiger partial charge in [-0.1, -0.05) is 0 Å². The molecule has 10 heavy (non-hydrogen) atoms. The van der Waals surface area contributed by atoms with E-state index in [2.05, 4.69) is 29.8 Å². The van der Waals surface area contributed by atoms with Crippen molar-refractivity contribution in [3.05, 3.63) is 6.92 Å². The Balaban J connectivity index is 4.02. The fourth-order valence-corrected chi connectivity index (χ4v) is 0.762. The van der Waals surface area contributed by atoms with Crippen LogP contribution in [0.25, 0.3) is 0 Å². The lowest BCUT2D eigenvalue weighted by Crippen LogP contribution is -2.62. The van der Waals surface area contributed by atoms with E-state index in [1.54, 1.807) is 0 Å². The summed E-state index contributed by atoms with van der Waals surface area (Å²) in [6.07, 6.45) is 0. The van der Waals surface area contributed by atoms with E-state index in [9.17, 15) is 0 Å². The zero-order chi connectivity index (χ0) is 8.20. The molecule has 0 aromatic heterocycles. The molecule has 0 saturated carbocycles. The van der Waals surface area contributed by atoms with Gasteiger partial charge < -0.3 is 16.0 Å². The van der Waals surface area contributed by atoms with Crippen molar-refractivity contribution < 1.29 is 0 Å². The molecule has 0 fully saturated rings. The Labute approximate surface area is 63.6 Å². The number of nitrogens with one attached hydrogen (secondary N) is 3. The van der Waals surface area contributed by atoms with Crippen LogP contribution in [-0.2, 0) is 0 Å². The smallest absolute Gasteiger partial charge is 0.0810 e. The third-order valence-corrected chi connectivity index (χ3v) is 2.08. The van der Waals surface area contributed by atoms with Crippen LogP contribution < -0.4 is 16.0 Å². The van der Waals surface area contributed by atoms with Crippen LogP contribution in [0.1, 0.15) is 6.92 Å². The molecule has 0 aromatic rings. The minimum Gasteiger partial charge on any atom is -0.314 e. The predicted molar refractivity (Wildman–Crippen MR) is 44.7 cm³/mol. The summed E-state index contributed by atoms with van der Waals surface area (Å²) in [4.78, 5) is 0. The van der Waals surface area contributed by atoms with Gasteiger partial charge in [0, 0.05) is 6.04 Å². The van der Waals surface area contributed by atoms with Gasteiger partial charge >= 0.3 is 0 Å². The molecule has 3 heteroatoms. The highest BCUT2D eigenvalue weighted by Gasteiger charge is 2.25. The molecule has 0 saturated heterocycles. The van der Waals surface area contributed by atoms with E-state index in [1.165, 1.54) is 0 Å². The fraction of sp³-hybridized carbons (Fsp3) is 0.857. The molecule has 0 aromatic carbocycles. The number of likely N-dealkylation sites (N-methyl/N-ethyl adjacent to an activating group) is 3. The summed E-state index contributed by atoms with van der Waals surface area (Å²) in [5.41, 5.74) is -0.130. The summed E-state index contributed by atoms with van der Waals surface area (Å²) in [6, 6.07) is 0.155. The molecular formula is C7H18N3. The molecule has 0 amide bonds. The van der Waals surface area contributed by atoms with Gasteiger partial charge in [0.2, 0.25) is 0 Å². The Kier molecular flexibility index (Phi) is 3.86. The average molecular weight is 144 g/mol. The third-order valence-electron chi connectivity index (χ3n) is 2.08. The molecule has 0 aliphatic carbocycles. The molecule has 1 atom stereocenters. The lowest BCUT2D eigenvalue weighted by molar-refractivity contribution is 0.269. The van der Waals surface area contributed by atoms with Gasteiger partial charge in [0.05, 0.1) is 5.66 Å². The first kappa shape index (κ1) is 9.88. The van der Waals surface area contributed by atoms with Gasteiger partial charge in [-0.2, -0.15) is 0 Å². The first-order chi connectivity index (χ1) is 4.60. The highest BCUT2D eigenvalue weighted by atomic mass is 15.2. The van der Waals surface area contributed by atoms with Crippen LogP contribution >= 0.6 is 0 Å². The van der Waals surface area contributed by atoms with Crippen molar-refractivity contribution in [3.63, 3.8) is 0 Å². The first-order valence-corrected chi connectivity index (χ1v) is 3.49. The molecule has 0 bridgehead atoms. The Morgan fingerprint density at radius 3 is 1.70 bits per heavy atom. The second-order valence-corrected chi connectivity index (χ2v) is 2.54. The van der Waals surface area contributed by atoms with Gasteiger partial charge in [-0.05, 0) is 35.0 Å². The van der Waals surface area contributed by atoms with E-state index in [1.807, 2.05) is 21.1 Å². The third kappa shape index (κ3) is 1.94. The second-order valence-electron chi connectivity index (χ2n) is 2.54. The largest absolute Gasteiger partial charge is 0.314 e. The van der Waals surface area contributed by atoms with E-state index < -0.39 is 0 Å². The quantitative estimate of drug-likeness (QED) is 0.468. The lowest BCUT2D eigenvalue weighted by atomic mass is 10.1. The summed E-state index contributed by atoms with van der Waals surface area (Å²) in [5.74, 6) is 0. The van der Waals surface area contributed by atoms with Crippen molar-refractivity contribution in [3.8, 4) is 0 Å². The van der Waals surface area contributed by atoms with Crippen LogP contribution in [0.3, 0.4) is 0 Å². The van der Waals surface area contributed by atoms with Gasteiger partial charge in [0.15, 0.2) is 0 Å². The molecule has 0 aliphatic heterocycles. The molecule has 3 N–H and O–H groups in total. The van der Waals surface area contributed by atoms with E-state index in [0.717, 1.165) is 0 Å². The van der Waals surface area contributed by atoms with E-state index >= 15 is 0 Å². The minimum atomic E-state index is -0.130. The molecule has 0 spiro atoms. The summed E-state index contributed by atoms with van der Waals surface area (Å²) >= 11 is 0. The molecule has 3 nitrogen and oxygen atoms in total. The zero-order valence-electron chi connectivity index (χ0n) is 7.28. The summed E-state index contributed by atoms with van der Waals surface area (Å²) in [5, 5.41) is 9.36. The summed E-state index contributed by atoms with van der Waals surface area (Å²) in [6.45, 7) is 5.99. The van der Waals surface area contributed by atoms with Crippen molar-refractivity contribution >= 4 is 0 Å².